The topological polar surface area (TPSA) is 38.0 Å². The predicted molar refractivity (Wildman–Crippen MR) is 84.4 cm³/mol. The van der Waals surface area contributed by atoms with Gasteiger partial charge < -0.3 is 11.1 Å². The third kappa shape index (κ3) is 3.11. The van der Waals surface area contributed by atoms with Crippen molar-refractivity contribution in [2.45, 2.75) is 6.92 Å². The van der Waals surface area contributed by atoms with Gasteiger partial charge in [-0.05, 0) is 42.8 Å². The summed E-state index contributed by atoms with van der Waals surface area (Å²) < 4.78 is 14.8. The fourth-order valence-corrected chi connectivity index (χ4v) is 2.22. The summed E-state index contributed by atoms with van der Waals surface area (Å²) in [6.07, 6.45) is 0. The van der Waals surface area contributed by atoms with Gasteiger partial charge >= 0.3 is 0 Å². The largest absolute Gasteiger partial charge is 0.389 e. The minimum absolute atomic E-state index is 0.0580. The second-order valence-corrected chi connectivity index (χ2v) is 5.39. The Balaban J connectivity index is 2.32. The lowest BCUT2D eigenvalue weighted by Gasteiger charge is -2.11. The van der Waals surface area contributed by atoms with Crippen LogP contribution in [0.4, 0.5) is 15.8 Å². The van der Waals surface area contributed by atoms with Crippen LogP contribution in [0.25, 0.3) is 0 Å². The molecule has 3 N–H and O–H groups in total. The number of nitrogens with two attached hydrogens (primary N) is 1. The first-order valence-corrected chi connectivity index (χ1v) is 6.80. The molecule has 19 heavy (non-hydrogen) atoms. The summed E-state index contributed by atoms with van der Waals surface area (Å²) >= 11 is 8.23. The van der Waals surface area contributed by atoms with Crippen molar-refractivity contribution in [1.29, 1.82) is 0 Å². The molecule has 2 aromatic carbocycles. The van der Waals surface area contributed by atoms with E-state index in [0.29, 0.717) is 5.69 Å². The monoisotopic (exact) mass is 338 g/mol. The molecule has 0 aliphatic rings. The minimum atomic E-state index is -0.426. The SMILES string of the molecule is Cc1c(Br)cccc1Nc1ccc(C(N)=S)c(F)c1. The van der Waals surface area contributed by atoms with Crippen LogP contribution >= 0.6 is 28.1 Å². The quantitative estimate of drug-likeness (QED) is 0.820. The summed E-state index contributed by atoms with van der Waals surface area (Å²) in [5.41, 5.74) is 8.30. The highest BCUT2D eigenvalue weighted by atomic mass is 79.9. The van der Waals surface area contributed by atoms with Gasteiger partial charge in [-0.2, -0.15) is 0 Å². The Morgan fingerprint density at radius 3 is 2.68 bits per heavy atom. The predicted octanol–water partition coefficient (Wildman–Crippen LogP) is 4.27. The zero-order valence-electron chi connectivity index (χ0n) is 10.2. The van der Waals surface area contributed by atoms with E-state index < -0.39 is 5.82 Å². The third-order valence-corrected chi connectivity index (χ3v) is 3.86. The number of benzene rings is 2. The highest BCUT2D eigenvalue weighted by Crippen LogP contribution is 2.27. The molecule has 0 fully saturated rings. The van der Waals surface area contributed by atoms with Gasteiger partial charge in [0.05, 0.1) is 0 Å². The number of anilines is 2. The first-order chi connectivity index (χ1) is 8.99. The molecule has 0 atom stereocenters. The normalized spacial score (nSPS) is 10.3. The standard InChI is InChI=1S/C14H12BrFN2S/c1-8-11(15)3-2-4-13(8)18-9-5-6-10(14(17)19)12(16)7-9/h2-7,18H,1H3,(H2,17,19). The summed E-state index contributed by atoms with van der Waals surface area (Å²) in [4.78, 5) is 0.0580. The first-order valence-electron chi connectivity index (χ1n) is 5.60. The third-order valence-electron chi connectivity index (χ3n) is 2.78. The van der Waals surface area contributed by atoms with Crippen molar-refractivity contribution < 1.29 is 4.39 Å². The summed E-state index contributed by atoms with van der Waals surface area (Å²) in [7, 11) is 0. The maximum atomic E-state index is 13.8. The van der Waals surface area contributed by atoms with Crippen LogP contribution in [0, 0.1) is 12.7 Å². The van der Waals surface area contributed by atoms with Gasteiger partial charge in [0.2, 0.25) is 0 Å². The average molecular weight is 339 g/mol. The number of nitrogens with one attached hydrogen (secondary N) is 1. The van der Waals surface area contributed by atoms with Gasteiger partial charge in [-0.1, -0.05) is 34.2 Å². The van der Waals surface area contributed by atoms with Gasteiger partial charge in [-0.15, -0.1) is 0 Å². The fraction of sp³-hybridized carbons (Fsp3) is 0.0714. The highest BCUT2D eigenvalue weighted by molar-refractivity contribution is 9.10. The van der Waals surface area contributed by atoms with Crippen molar-refractivity contribution >= 4 is 44.5 Å². The van der Waals surface area contributed by atoms with Crippen molar-refractivity contribution in [1.82, 2.24) is 0 Å². The van der Waals surface area contributed by atoms with E-state index in [1.807, 2.05) is 25.1 Å². The maximum absolute atomic E-state index is 13.8. The molecule has 0 amide bonds. The molecular formula is C14H12BrFN2S. The Morgan fingerprint density at radius 2 is 2.05 bits per heavy atom. The lowest BCUT2D eigenvalue weighted by Crippen LogP contribution is -2.11. The van der Waals surface area contributed by atoms with Gasteiger partial charge in [0.25, 0.3) is 0 Å². The lowest BCUT2D eigenvalue weighted by atomic mass is 10.1. The zero-order valence-corrected chi connectivity index (χ0v) is 12.6. The van der Waals surface area contributed by atoms with E-state index in [1.165, 1.54) is 6.07 Å². The molecule has 0 unspecified atom stereocenters. The van der Waals surface area contributed by atoms with Crippen LogP contribution in [0.1, 0.15) is 11.1 Å². The molecule has 5 heteroatoms. The van der Waals surface area contributed by atoms with Crippen molar-refractivity contribution in [3.05, 3.63) is 57.8 Å². The average Bonchev–Trinajstić information content (AvgIpc) is 2.34. The maximum Gasteiger partial charge on any atom is 0.135 e. The van der Waals surface area contributed by atoms with Gasteiger partial charge in [0.15, 0.2) is 0 Å². The van der Waals surface area contributed by atoms with Crippen LogP contribution in [0.15, 0.2) is 40.9 Å². The lowest BCUT2D eigenvalue weighted by molar-refractivity contribution is 0.626. The molecule has 0 spiro atoms. The van der Waals surface area contributed by atoms with Crippen molar-refractivity contribution in [2.24, 2.45) is 5.73 Å². The molecule has 0 radical (unpaired) electrons. The molecule has 0 saturated carbocycles. The minimum Gasteiger partial charge on any atom is -0.389 e. The van der Waals surface area contributed by atoms with Crippen LogP contribution in [-0.4, -0.2) is 4.99 Å². The Hall–Kier alpha value is -1.46. The van der Waals surface area contributed by atoms with E-state index in [0.717, 1.165) is 15.7 Å². The Bertz CT molecular complexity index is 643. The van der Waals surface area contributed by atoms with Crippen LogP contribution in [0.2, 0.25) is 0 Å². The molecule has 0 aromatic heterocycles. The Kier molecular flexibility index (Phi) is 4.17. The molecule has 2 rings (SSSR count). The van der Waals surface area contributed by atoms with Gasteiger partial charge in [0, 0.05) is 21.4 Å². The van der Waals surface area contributed by atoms with Crippen LogP contribution in [0.5, 0.6) is 0 Å². The first kappa shape index (κ1) is 14.0. The Morgan fingerprint density at radius 1 is 1.32 bits per heavy atom. The molecule has 2 nitrogen and oxygen atoms in total. The fourth-order valence-electron chi connectivity index (χ4n) is 1.69. The molecule has 2 aromatic rings. The van der Waals surface area contributed by atoms with E-state index in [9.17, 15) is 4.39 Å². The summed E-state index contributed by atoms with van der Waals surface area (Å²) in [5, 5.41) is 3.17. The zero-order chi connectivity index (χ0) is 14.0. The second kappa shape index (κ2) is 5.67. The van der Waals surface area contributed by atoms with Crippen LogP contribution < -0.4 is 11.1 Å². The van der Waals surface area contributed by atoms with E-state index in [2.05, 4.69) is 21.2 Å². The van der Waals surface area contributed by atoms with E-state index in [4.69, 9.17) is 18.0 Å². The second-order valence-electron chi connectivity index (χ2n) is 4.10. The number of halogens is 2. The smallest absolute Gasteiger partial charge is 0.135 e. The van der Waals surface area contributed by atoms with Crippen molar-refractivity contribution in [3.63, 3.8) is 0 Å². The molecule has 98 valence electrons. The Labute approximate surface area is 124 Å². The van der Waals surface area contributed by atoms with Crippen LogP contribution in [0.3, 0.4) is 0 Å². The highest BCUT2D eigenvalue weighted by Gasteiger charge is 2.07. The summed E-state index contributed by atoms with van der Waals surface area (Å²) in [6.45, 7) is 1.98. The van der Waals surface area contributed by atoms with E-state index in [-0.39, 0.29) is 10.6 Å². The molecule has 0 heterocycles. The molecule has 0 aliphatic carbocycles. The van der Waals surface area contributed by atoms with Crippen molar-refractivity contribution in [2.75, 3.05) is 5.32 Å². The molecule has 0 aliphatic heterocycles. The number of rotatable bonds is 3. The number of hydrogen-bond acceptors (Lipinski definition) is 2. The van der Waals surface area contributed by atoms with Gasteiger partial charge in [-0.3, -0.25) is 0 Å². The number of thiocarbonyl (C=S) groups is 1. The summed E-state index contributed by atoms with van der Waals surface area (Å²) in [5.74, 6) is -0.426. The summed E-state index contributed by atoms with van der Waals surface area (Å²) in [6, 6.07) is 10.5. The van der Waals surface area contributed by atoms with E-state index in [1.54, 1.807) is 12.1 Å². The van der Waals surface area contributed by atoms with E-state index >= 15 is 0 Å². The molecule has 0 saturated heterocycles. The number of hydrogen-bond donors (Lipinski definition) is 2. The van der Waals surface area contributed by atoms with Crippen LogP contribution in [-0.2, 0) is 0 Å². The van der Waals surface area contributed by atoms with Crippen molar-refractivity contribution in [3.8, 4) is 0 Å². The van der Waals surface area contributed by atoms with Gasteiger partial charge in [-0.25, -0.2) is 4.39 Å². The molecule has 0 bridgehead atoms. The van der Waals surface area contributed by atoms with Gasteiger partial charge in [0.1, 0.15) is 10.8 Å². The molecular weight excluding hydrogens is 327 g/mol.